The first-order valence-corrected chi connectivity index (χ1v) is 7.84. The highest BCUT2D eigenvalue weighted by molar-refractivity contribution is 7.15. The van der Waals surface area contributed by atoms with Crippen LogP contribution >= 0.6 is 11.3 Å². The minimum Gasteiger partial charge on any atom is -0.274 e. The summed E-state index contributed by atoms with van der Waals surface area (Å²) in [5.74, 6) is 1.41. The first kappa shape index (κ1) is 11.1. The van der Waals surface area contributed by atoms with E-state index in [9.17, 15) is 9.59 Å². The summed E-state index contributed by atoms with van der Waals surface area (Å²) in [6.45, 7) is 1.83. The van der Waals surface area contributed by atoms with Crippen LogP contribution in [0.25, 0.3) is 0 Å². The third-order valence-electron chi connectivity index (χ3n) is 5.37. The van der Waals surface area contributed by atoms with Crippen molar-refractivity contribution in [3.63, 3.8) is 0 Å². The van der Waals surface area contributed by atoms with Crippen LogP contribution in [0.15, 0.2) is 12.2 Å². The fraction of sp³-hybridized carbons (Fsp3) is 0.571. The maximum absolute atomic E-state index is 12.7. The number of carbonyl (C=O) groups excluding carboxylic acids is 2. The molecule has 6 atom stereocenters. The Kier molecular flexibility index (Phi) is 1.87. The van der Waals surface area contributed by atoms with Crippen LogP contribution < -0.4 is 4.90 Å². The molecule has 0 N–H and O–H groups in total. The summed E-state index contributed by atoms with van der Waals surface area (Å²) in [6.07, 6.45) is 5.55. The molecule has 0 spiro atoms. The van der Waals surface area contributed by atoms with Gasteiger partial charge in [-0.3, -0.25) is 9.59 Å². The van der Waals surface area contributed by atoms with Gasteiger partial charge in [-0.05, 0) is 37.0 Å². The zero-order valence-electron chi connectivity index (χ0n) is 10.9. The average molecular weight is 287 g/mol. The molecule has 1 aromatic rings. The van der Waals surface area contributed by atoms with E-state index in [0.717, 1.165) is 5.01 Å². The minimum absolute atomic E-state index is 0.0548. The Labute approximate surface area is 119 Å². The van der Waals surface area contributed by atoms with Gasteiger partial charge in [0.1, 0.15) is 5.01 Å². The van der Waals surface area contributed by atoms with Crippen LogP contribution in [0.5, 0.6) is 0 Å². The van der Waals surface area contributed by atoms with Gasteiger partial charge in [-0.15, -0.1) is 10.2 Å². The Balaban J connectivity index is 1.60. The fourth-order valence-corrected chi connectivity index (χ4v) is 5.22. The van der Waals surface area contributed by atoms with Gasteiger partial charge in [0.15, 0.2) is 0 Å². The molecule has 6 heteroatoms. The quantitative estimate of drug-likeness (QED) is 0.578. The van der Waals surface area contributed by atoms with E-state index in [1.54, 1.807) is 0 Å². The molecular formula is C14H13N3O2S. The molecule has 3 fully saturated rings. The predicted molar refractivity (Wildman–Crippen MR) is 71.8 cm³/mol. The van der Waals surface area contributed by atoms with E-state index in [4.69, 9.17) is 0 Å². The van der Waals surface area contributed by atoms with Crippen molar-refractivity contribution in [1.29, 1.82) is 0 Å². The number of amides is 2. The van der Waals surface area contributed by atoms with Crippen molar-refractivity contribution in [2.75, 3.05) is 4.90 Å². The number of aryl methyl sites for hydroxylation is 1. The van der Waals surface area contributed by atoms with Gasteiger partial charge < -0.3 is 0 Å². The summed E-state index contributed by atoms with van der Waals surface area (Å²) < 4.78 is 0. The zero-order chi connectivity index (χ0) is 13.6. The molecule has 5 nitrogen and oxygen atoms in total. The van der Waals surface area contributed by atoms with Gasteiger partial charge in [-0.1, -0.05) is 23.5 Å². The molecular weight excluding hydrogens is 274 g/mol. The lowest BCUT2D eigenvalue weighted by Crippen LogP contribution is -2.40. The number of hydrogen-bond acceptors (Lipinski definition) is 5. The van der Waals surface area contributed by atoms with E-state index in [0.29, 0.717) is 17.0 Å². The molecule has 0 radical (unpaired) electrons. The molecule has 0 aromatic carbocycles. The first-order valence-electron chi connectivity index (χ1n) is 7.03. The average Bonchev–Trinajstić information content (AvgIpc) is 3.10. The number of allylic oxidation sites excluding steroid dienone is 2. The summed E-state index contributed by atoms with van der Waals surface area (Å²) in [5, 5.41) is 9.14. The Morgan fingerprint density at radius 3 is 2.20 bits per heavy atom. The minimum atomic E-state index is -0.148. The van der Waals surface area contributed by atoms with Crippen LogP contribution in [0.4, 0.5) is 5.13 Å². The molecule has 2 amide bonds. The van der Waals surface area contributed by atoms with E-state index in [-0.39, 0.29) is 35.5 Å². The molecule has 2 saturated carbocycles. The molecule has 102 valence electrons. The lowest BCUT2D eigenvalue weighted by molar-refractivity contribution is -0.124. The fourth-order valence-electron chi connectivity index (χ4n) is 4.52. The molecule has 1 aromatic heterocycles. The SMILES string of the molecule is Cc1nnc(N2C(=O)[C@@H]3[C@H]4C=C[C@@H]([C@@H]5C[C@H]45)[C@@H]3C2=O)s1. The number of anilines is 1. The maximum atomic E-state index is 12.7. The molecule has 2 bridgehead atoms. The largest absolute Gasteiger partial charge is 0.274 e. The van der Waals surface area contributed by atoms with Crippen LogP contribution in [0, 0.1) is 42.4 Å². The monoisotopic (exact) mass is 287 g/mol. The van der Waals surface area contributed by atoms with Gasteiger partial charge in [0.05, 0.1) is 11.8 Å². The lowest BCUT2D eigenvalue weighted by Gasteiger charge is -2.37. The third kappa shape index (κ3) is 1.15. The second-order valence-corrected chi connectivity index (χ2v) is 7.43. The maximum Gasteiger partial charge on any atom is 0.240 e. The molecule has 1 aliphatic heterocycles. The van der Waals surface area contributed by atoms with E-state index in [2.05, 4.69) is 22.3 Å². The third-order valence-corrected chi connectivity index (χ3v) is 6.19. The van der Waals surface area contributed by atoms with Crippen LogP contribution in [-0.4, -0.2) is 22.0 Å². The van der Waals surface area contributed by atoms with Gasteiger partial charge in [0.25, 0.3) is 0 Å². The van der Waals surface area contributed by atoms with Crippen molar-refractivity contribution < 1.29 is 9.59 Å². The molecule has 2 heterocycles. The predicted octanol–water partition coefficient (Wildman–Crippen LogP) is 1.40. The van der Waals surface area contributed by atoms with Gasteiger partial charge in [0.2, 0.25) is 16.9 Å². The zero-order valence-corrected chi connectivity index (χ0v) is 11.7. The summed E-state index contributed by atoms with van der Waals surface area (Å²) in [5.41, 5.74) is 0. The summed E-state index contributed by atoms with van der Waals surface area (Å²) in [4.78, 5) is 26.8. The lowest BCUT2D eigenvalue weighted by atomic mass is 9.63. The Morgan fingerprint density at radius 2 is 1.70 bits per heavy atom. The van der Waals surface area contributed by atoms with E-state index < -0.39 is 0 Å². The summed E-state index contributed by atoms with van der Waals surface area (Å²) >= 11 is 1.31. The topological polar surface area (TPSA) is 63.2 Å². The van der Waals surface area contributed by atoms with Crippen LogP contribution in [-0.2, 0) is 9.59 Å². The highest BCUT2D eigenvalue weighted by Gasteiger charge is 2.67. The highest BCUT2D eigenvalue weighted by atomic mass is 32.1. The van der Waals surface area contributed by atoms with Crippen molar-refractivity contribution in [1.82, 2.24) is 10.2 Å². The van der Waals surface area contributed by atoms with Crippen molar-refractivity contribution in [3.8, 4) is 0 Å². The summed E-state index contributed by atoms with van der Waals surface area (Å²) in [7, 11) is 0. The molecule has 5 aliphatic rings. The Bertz CT molecular complexity index is 646. The number of rotatable bonds is 1. The highest BCUT2D eigenvalue weighted by Crippen LogP contribution is 2.65. The van der Waals surface area contributed by atoms with Crippen molar-refractivity contribution in [2.45, 2.75) is 13.3 Å². The normalized spacial score (nSPS) is 44.0. The Hall–Kier alpha value is -1.56. The van der Waals surface area contributed by atoms with Gasteiger partial charge in [0, 0.05) is 0 Å². The summed E-state index contributed by atoms with van der Waals surface area (Å²) in [6, 6.07) is 0. The van der Waals surface area contributed by atoms with Crippen LogP contribution in [0.1, 0.15) is 11.4 Å². The molecule has 1 saturated heterocycles. The number of carbonyl (C=O) groups is 2. The number of imide groups is 1. The number of hydrogen-bond donors (Lipinski definition) is 0. The molecule has 4 aliphatic carbocycles. The van der Waals surface area contributed by atoms with Gasteiger partial charge in [-0.25, -0.2) is 4.90 Å². The molecule has 0 unspecified atom stereocenters. The van der Waals surface area contributed by atoms with Crippen LogP contribution in [0.2, 0.25) is 0 Å². The second-order valence-electron chi connectivity index (χ2n) is 6.27. The van der Waals surface area contributed by atoms with E-state index in [1.165, 1.54) is 22.7 Å². The second kappa shape index (κ2) is 3.36. The first-order chi connectivity index (χ1) is 9.66. The smallest absolute Gasteiger partial charge is 0.240 e. The molecule has 6 rings (SSSR count). The van der Waals surface area contributed by atoms with Crippen molar-refractivity contribution >= 4 is 28.3 Å². The number of aromatic nitrogens is 2. The van der Waals surface area contributed by atoms with Crippen molar-refractivity contribution in [2.24, 2.45) is 35.5 Å². The molecule has 20 heavy (non-hydrogen) atoms. The van der Waals surface area contributed by atoms with Crippen LogP contribution in [0.3, 0.4) is 0 Å². The van der Waals surface area contributed by atoms with E-state index in [1.807, 2.05) is 6.92 Å². The number of nitrogens with zero attached hydrogens (tertiary/aromatic N) is 3. The van der Waals surface area contributed by atoms with E-state index >= 15 is 0 Å². The van der Waals surface area contributed by atoms with Gasteiger partial charge >= 0.3 is 0 Å². The standard InChI is InChI=1S/C14H13N3O2S/c1-5-15-16-14(20-5)17-12(18)10-6-2-3-7(9-4-8(6)9)11(10)13(17)19/h2-3,6-11H,4H2,1H3/t6-,7-,8-,9+,10-,11+/m0/s1. The van der Waals surface area contributed by atoms with Crippen molar-refractivity contribution in [3.05, 3.63) is 17.2 Å². The Morgan fingerprint density at radius 1 is 1.10 bits per heavy atom. The van der Waals surface area contributed by atoms with Gasteiger partial charge in [-0.2, -0.15) is 0 Å².